The van der Waals surface area contributed by atoms with Gasteiger partial charge in [0, 0.05) is 0 Å². The number of carbonyl (C=O) groups is 1. The Labute approximate surface area is 371 Å². The molecule has 8 rings (SSSR count). The van der Waals surface area contributed by atoms with E-state index in [1.54, 1.807) is 0 Å². The van der Waals surface area contributed by atoms with Crippen molar-refractivity contribution in [3.8, 4) is 0 Å². The molecule has 9 N–H and O–H groups in total. The van der Waals surface area contributed by atoms with Gasteiger partial charge in [-0.15, -0.1) is 0 Å². The lowest BCUT2D eigenvalue weighted by Gasteiger charge is -2.71. The second kappa shape index (κ2) is 16.7. The number of aliphatic hydroxyl groups is 8. The van der Waals surface area contributed by atoms with Crippen molar-refractivity contribution in [1.29, 1.82) is 0 Å². The van der Waals surface area contributed by atoms with Crippen LogP contribution in [0.4, 0.5) is 0 Å². The second-order valence-corrected chi connectivity index (χ2v) is 23.0. The number of allylic oxidation sites excluding steroid dienone is 2. The molecule has 0 amide bonds. The molecule has 3 aliphatic heterocycles. The van der Waals surface area contributed by atoms with Gasteiger partial charge in [-0.3, -0.25) is 4.79 Å². The van der Waals surface area contributed by atoms with E-state index >= 15 is 0 Å². The number of carboxylic acids is 1. The minimum atomic E-state index is -1.75. The van der Waals surface area contributed by atoms with Gasteiger partial charge in [0.05, 0.1) is 30.8 Å². The number of hydrogen-bond acceptors (Lipinski definition) is 15. The molecule has 22 unspecified atom stereocenters. The number of fused-ring (bicyclic) bond motifs is 7. The smallest absolute Gasteiger partial charge is 0.310 e. The molecule has 360 valence electrons. The van der Waals surface area contributed by atoms with E-state index in [-0.39, 0.29) is 46.2 Å². The van der Waals surface area contributed by atoms with Gasteiger partial charge in [-0.25, -0.2) is 0 Å². The molecular weight excluding hydrogens is 821 g/mol. The van der Waals surface area contributed by atoms with Gasteiger partial charge in [-0.2, -0.15) is 0 Å². The van der Waals surface area contributed by atoms with E-state index in [1.165, 1.54) is 12.5 Å². The third-order valence-electron chi connectivity index (χ3n) is 19.0. The Kier molecular flexibility index (Phi) is 12.8. The van der Waals surface area contributed by atoms with Gasteiger partial charge in [-0.1, -0.05) is 60.1 Å². The normalized spacial score (nSPS) is 54.1. The van der Waals surface area contributed by atoms with E-state index in [9.17, 15) is 50.8 Å². The Morgan fingerprint density at radius 1 is 0.714 bits per heavy atom. The lowest BCUT2D eigenvalue weighted by atomic mass is 9.33. The van der Waals surface area contributed by atoms with Crippen molar-refractivity contribution in [2.24, 2.45) is 50.2 Å². The number of aliphatic hydroxyl groups excluding tert-OH is 8. The van der Waals surface area contributed by atoms with Crippen molar-refractivity contribution in [3.63, 3.8) is 0 Å². The maximum absolute atomic E-state index is 13.1. The Morgan fingerprint density at radius 3 is 2.03 bits per heavy atom. The first-order chi connectivity index (χ1) is 29.4. The molecule has 0 spiro atoms. The molecular formula is C47H76O16. The van der Waals surface area contributed by atoms with Crippen LogP contribution in [0.25, 0.3) is 0 Å². The summed E-state index contributed by atoms with van der Waals surface area (Å²) in [5, 5.41) is 96.0. The van der Waals surface area contributed by atoms with Crippen LogP contribution in [0.2, 0.25) is 0 Å². The van der Waals surface area contributed by atoms with Crippen LogP contribution in [0.1, 0.15) is 120 Å². The zero-order valence-electron chi connectivity index (χ0n) is 38.3. The summed E-state index contributed by atoms with van der Waals surface area (Å²) in [6.07, 6.45) is -10.1. The molecule has 22 atom stereocenters. The van der Waals surface area contributed by atoms with Gasteiger partial charge in [0.2, 0.25) is 0 Å². The maximum atomic E-state index is 13.1. The standard InChI is InChI=1S/C47H76O16/c1-22-30(49)33(52)35(54)38(59-22)63-37-32(51)26(61-39-36(55)34(53)31(50)25(20-48)60-39)21-58-40(37)62-29-12-13-44(6)27(43(29,4)5)11-14-46(8)28(44)10-9-23-24-19-42(2,3)15-17-47(24,41(56)57)18-16-45(23,46)7/h9,22,24-40,48-55H,10-21H2,1-8H3,(H,56,57). The van der Waals surface area contributed by atoms with Crippen LogP contribution >= 0.6 is 0 Å². The molecule has 0 bridgehead atoms. The fraction of sp³-hybridized carbons (Fsp3) is 0.936. The first-order valence-corrected chi connectivity index (χ1v) is 23.6. The molecule has 63 heavy (non-hydrogen) atoms. The summed E-state index contributed by atoms with van der Waals surface area (Å²) in [4.78, 5) is 13.1. The predicted octanol–water partition coefficient (Wildman–Crippen LogP) is 2.37. The van der Waals surface area contributed by atoms with Gasteiger partial charge in [0.25, 0.3) is 0 Å². The van der Waals surface area contributed by atoms with Crippen molar-refractivity contribution in [3.05, 3.63) is 11.6 Å². The molecule has 0 radical (unpaired) electrons. The highest BCUT2D eigenvalue weighted by atomic mass is 16.8. The molecule has 4 saturated carbocycles. The topological polar surface area (TPSA) is 255 Å². The Bertz CT molecular complexity index is 1720. The Balaban J connectivity index is 1.04. The van der Waals surface area contributed by atoms with Crippen LogP contribution < -0.4 is 0 Å². The van der Waals surface area contributed by atoms with E-state index in [0.717, 1.165) is 51.4 Å². The van der Waals surface area contributed by atoms with E-state index in [1.807, 2.05) is 0 Å². The summed E-state index contributed by atoms with van der Waals surface area (Å²) in [5.74, 6) is -0.0288. The first kappa shape index (κ1) is 48.1. The average Bonchev–Trinajstić information content (AvgIpc) is 3.22. The van der Waals surface area contributed by atoms with E-state index < -0.39 is 109 Å². The van der Waals surface area contributed by atoms with Gasteiger partial charge in [0.1, 0.15) is 61.0 Å². The lowest BCUT2D eigenvalue weighted by Crippen LogP contribution is -2.66. The van der Waals surface area contributed by atoms with Crippen molar-refractivity contribution in [2.45, 2.75) is 212 Å². The molecule has 8 aliphatic rings. The van der Waals surface area contributed by atoms with Crippen molar-refractivity contribution < 1.29 is 79.2 Å². The molecule has 5 aliphatic carbocycles. The van der Waals surface area contributed by atoms with Crippen LogP contribution in [0.15, 0.2) is 11.6 Å². The molecule has 3 heterocycles. The Hall–Kier alpha value is -1.35. The van der Waals surface area contributed by atoms with Gasteiger partial charge in [0.15, 0.2) is 18.9 Å². The third kappa shape index (κ3) is 7.51. The summed E-state index contributed by atoms with van der Waals surface area (Å²) in [5.41, 5.74) is 0.113. The predicted molar refractivity (Wildman–Crippen MR) is 223 cm³/mol. The minimum Gasteiger partial charge on any atom is -0.481 e. The fourth-order valence-electron chi connectivity index (χ4n) is 14.8. The van der Waals surface area contributed by atoms with Gasteiger partial charge >= 0.3 is 5.97 Å². The number of ether oxygens (including phenoxy) is 6. The summed E-state index contributed by atoms with van der Waals surface area (Å²) < 4.78 is 36.7. The second-order valence-electron chi connectivity index (χ2n) is 23.0. The molecule has 0 aromatic carbocycles. The molecule has 0 aromatic heterocycles. The van der Waals surface area contributed by atoms with Crippen LogP contribution in [0.3, 0.4) is 0 Å². The van der Waals surface area contributed by atoms with Gasteiger partial charge in [-0.05, 0) is 116 Å². The lowest BCUT2D eigenvalue weighted by molar-refractivity contribution is -0.380. The molecule has 3 saturated heterocycles. The third-order valence-corrected chi connectivity index (χ3v) is 19.0. The van der Waals surface area contributed by atoms with E-state index in [0.29, 0.717) is 18.8 Å². The highest BCUT2D eigenvalue weighted by Gasteiger charge is 2.70. The summed E-state index contributed by atoms with van der Waals surface area (Å²) in [6, 6.07) is 0. The molecule has 16 nitrogen and oxygen atoms in total. The van der Waals surface area contributed by atoms with Crippen LogP contribution in [0, 0.1) is 50.2 Å². The van der Waals surface area contributed by atoms with E-state index in [2.05, 4.69) is 54.5 Å². The number of hydrogen-bond donors (Lipinski definition) is 9. The maximum Gasteiger partial charge on any atom is 0.310 e. The highest BCUT2D eigenvalue weighted by Crippen LogP contribution is 2.76. The molecule has 7 fully saturated rings. The zero-order chi connectivity index (χ0) is 46.0. The average molecular weight is 897 g/mol. The Morgan fingerprint density at radius 2 is 1.37 bits per heavy atom. The highest BCUT2D eigenvalue weighted by molar-refractivity contribution is 5.76. The number of aliphatic carboxylic acids is 1. The zero-order valence-corrected chi connectivity index (χ0v) is 38.3. The number of rotatable bonds is 8. The summed E-state index contributed by atoms with van der Waals surface area (Å²) in [6.45, 7) is 17.0. The summed E-state index contributed by atoms with van der Waals surface area (Å²) in [7, 11) is 0. The van der Waals surface area contributed by atoms with Crippen LogP contribution in [-0.2, 0) is 33.2 Å². The van der Waals surface area contributed by atoms with Crippen molar-refractivity contribution in [2.75, 3.05) is 13.2 Å². The van der Waals surface area contributed by atoms with E-state index in [4.69, 9.17) is 28.4 Å². The molecule has 0 aromatic rings. The minimum absolute atomic E-state index is 0.0289. The quantitative estimate of drug-likeness (QED) is 0.125. The fourth-order valence-corrected chi connectivity index (χ4v) is 14.8. The largest absolute Gasteiger partial charge is 0.481 e. The first-order valence-electron chi connectivity index (χ1n) is 23.6. The number of carboxylic acid groups (broad SMARTS) is 1. The SMILES string of the molecule is CC1OC(OC2C(OC3CCC4(C)C(CCC5(C)C4CC=C4C6CC(C)(C)CCC6(C(=O)O)CCC45C)C3(C)C)OCC(OC3OC(CO)C(O)C(O)C3O)C2O)C(O)C(O)C1O. The van der Waals surface area contributed by atoms with Crippen molar-refractivity contribution in [1.82, 2.24) is 0 Å². The molecule has 16 heteroatoms. The van der Waals surface area contributed by atoms with Crippen molar-refractivity contribution >= 4 is 5.97 Å². The van der Waals surface area contributed by atoms with Crippen LogP contribution in [-0.4, -0.2) is 157 Å². The van der Waals surface area contributed by atoms with Gasteiger partial charge < -0.3 is 74.4 Å². The monoisotopic (exact) mass is 897 g/mol. The summed E-state index contributed by atoms with van der Waals surface area (Å²) >= 11 is 0. The van der Waals surface area contributed by atoms with Crippen LogP contribution in [0.5, 0.6) is 0 Å².